The molecule has 0 bridgehead atoms. The molecule has 0 aliphatic carbocycles. The Bertz CT molecular complexity index is 933. The van der Waals surface area contributed by atoms with Crippen molar-refractivity contribution >= 4 is 5.97 Å². The summed E-state index contributed by atoms with van der Waals surface area (Å²) in [7, 11) is 0. The second-order valence-corrected chi connectivity index (χ2v) is 8.96. The fourth-order valence-electron chi connectivity index (χ4n) is 3.88. The van der Waals surface area contributed by atoms with Gasteiger partial charge in [-0.25, -0.2) is 0 Å². The minimum Gasteiger partial charge on any atom is -0.460 e. The molecule has 0 saturated heterocycles. The van der Waals surface area contributed by atoms with Gasteiger partial charge in [-0.1, -0.05) is 91.0 Å². The minimum absolute atomic E-state index is 0.105. The summed E-state index contributed by atoms with van der Waals surface area (Å²) in [5, 5.41) is 0. The Balaban J connectivity index is 1.99. The van der Waals surface area contributed by atoms with Gasteiger partial charge >= 0.3 is 5.97 Å². The Morgan fingerprint density at radius 1 is 0.806 bits per heavy atom. The van der Waals surface area contributed by atoms with E-state index in [9.17, 15) is 4.79 Å². The third-order valence-electron chi connectivity index (χ3n) is 5.35. The smallest absolute Gasteiger partial charge is 0.308 e. The third kappa shape index (κ3) is 6.80. The van der Waals surface area contributed by atoms with Crippen LogP contribution >= 0.6 is 0 Å². The van der Waals surface area contributed by atoms with Crippen molar-refractivity contribution in [2.24, 2.45) is 0 Å². The molecule has 0 aliphatic rings. The molecule has 0 heterocycles. The van der Waals surface area contributed by atoms with Gasteiger partial charge in [-0.05, 0) is 44.4 Å². The van der Waals surface area contributed by atoms with E-state index >= 15 is 0 Å². The fourth-order valence-corrected chi connectivity index (χ4v) is 3.88. The first-order chi connectivity index (χ1) is 14.8. The molecule has 3 heteroatoms. The lowest BCUT2D eigenvalue weighted by Crippen LogP contribution is -2.34. The van der Waals surface area contributed by atoms with E-state index in [0.717, 1.165) is 12.1 Å². The Hall–Kier alpha value is -2.91. The third-order valence-corrected chi connectivity index (χ3v) is 5.35. The van der Waals surface area contributed by atoms with Gasteiger partial charge in [-0.2, -0.15) is 0 Å². The standard InChI is InChI=1S/C28H33NO2/c1-22(24-16-10-6-11-17-24)29(21-23-14-8-5-9-15-23)26(25-18-12-7-13-19-25)20-27(30)31-28(2,3)4/h5-19,22,26H,20-21H2,1-4H3/t22-,26+/m0/s1. The van der Waals surface area contributed by atoms with Crippen molar-refractivity contribution in [1.29, 1.82) is 0 Å². The number of hydrogen-bond donors (Lipinski definition) is 0. The van der Waals surface area contributed by atoms with Gasteiger partial charge in [0, 0.05) is 18.6 Å². The van der Waals surface area contributed by atoms with E-state index in [4.69, 9.17) is 4.74 Å². The van der Waals surface area contributed by atoms with Gasteiger partial charge in [-0.3, -0.25) is 9.69 Å². The van der Waals surface area contributed by atoms with Crippen molar-refractivity contribution in [2.45, 2.75) is 58.3 Å². The van der Waals surface area contributed by atoms with Crippen molar-refractivity contribution in [3.63, 3.8) is 0 Å². The highest BCUT2D eigenvalue weighted by Gasteiger charge is 2.30. The first kappa shape index (κ1) is 22.8. The quantitative estimate of drug-likeness (QED) is 0.382. The van der Waals surface area contributed by atoms with E-state index in [2.05, 4.69) is 72.5 Å². The summed E-state index contributed by atoms with van der Waals surface area (Å²) in [6.07, 6.45) is 0.297. The lowest BCUT2D eigenvalue weighted by atomic mass is 9.96. The van der Waals surface area contributed by atoms with Gasteiger partial charge in [0.2, 0.25) is 0 Å². The highest BCUT2D eigenvalue weighted by molar-refractivity contribution is 5.71. The van der Waals surface area contributed by atoms with Gasteiger partial charge in [0.15, 0.2) is 0 Å². The maximum Gasteiger partial charge on any atom is 0.308 e. The molecule has 0 aromatic heterocycles. The highest BCUT2D eigenvalue weighted by Crippen LogP contribution is 2.35. The zero-order valence-electron chi connectivity index (χ0n) is 19.0. The molecule has 0 amide bonds. The molecule has 3 aromatic rings. The monoisotopic (exact) mass is 415 g/mol. The van der Waals surface area contributed by atoms with Gasteiger partial charge in [0.25, 0.3) is 0 Å². The maximum absolute atomic E-state index is 12.9. The van der Waals surface area contributed by atoms with Crippen molar-refractivity contribution in [1.82, 2.24) is 4.90 Å². The molecule has 0 unspecified atom stereocenters. The number of nitrogens with zero attached hydrogens (tertiary/aromatic N) is 1. The number of esters is 1. The number of ether oxygens (including phenoxy) is 1. The normalized spacial score (nSPS) is 13.6. The molecule has 0 radical (unpaired) electrons. The van der Waals surface area contributed by atoms with Crippen LogP contribution in [0.4, 0.5) is 0 Å². The van der Waals surface area contributed by atoms with E-state index in [1.165, 1.54) is 11.1 Å². The van der Waals surface area contributed by atoms with Crippen LogP contribution in [0, 0.1) is 0 Å². The van der Waals surface area contributed by atoms with Crippen molar-refractivity contribution in [3.8, 4) is 0 Å². The zero-order valence-corrected chi connectivity index (χ0v) is 19.0. The van der Waals surface area contributed by atoms with E-state index in [-0.39, 0.29) is 18.1 Å². The van der Waals surface area contributed by atoms with Gasteiger partial charge < -0.3 is 4.74 Å². The molecule has 0 fully saturated rings. The van der Waals surface area contributed by atoms with Crippen molar-refractivity contribution in [3.05, 3.63) is 108 Å². The molecule has 0 saturated carbocycles. The van der Waals surface area contributed by atoms with Crippen LogP contribution in [0.3, 0.4) is 0 Å². The first-order valence-electron chi connectivity index (χ1n) is 10.9. The first-order valence-corrected chi connectivity index (χ1v) is 10.9. The summed E-state index contributed by atoms with van der Waals surface area (Å²) in [5.74, 6) is -0.181. The molecular formula is C28H33NO2. The van der Waals surface area contributed by atoms with Crippen molar-refractivity contribution in [2.75, 3.05) is 0 Å². The van der Waals surface area contributed by atoms with Crippen LogP contribution in [0.1, 0.15) is 62.9 Å². The summed E-state index contributed by atoms with van der Waals surface area (Å²) < 4.78 is 5.71. The minimum atomic E-state index is -0.506. The molecule has 162 valence electrons. The lowest BCUT2D eigenvalue weighted by Gasteiger charge is -2.37. The van der Waals surface area contributed by atoms with Crippen LogP contribution in [-0.4, -0.2) is 16.5 Å². The second-order valence-electron chi connectivity index (χ2n) is 8.96. The molecule has 0 N–H and O–H groups in total. The number of hydrogen-bond acceptors (Lipinski definition) is 3. The lowest BCUT2D eigenvalue weighted by molar-refractivity contribution is -0.156. The average Bonchev–Trinajstić information content (AvgIpc) is 2.76. The van der Waals surface area contributed by atoms with Gasteiger partial charge in [-0.15, -0.1) is 0 Å². The van der Waals surface area contributed by atoms with Crippen LogP contribution in [0.5, 0.6) is 0 Å². The summed E-state index contributed by atoms with van der Waals surface area (Å²) >= 11 is 0. The topological polar surface area (TPSA) is 29.5 Å². The molecule has 3 nitrogen and oxygen atoms in total. The van der Waals surface area contributed by atoms with Crippen LogP contribution < -0.4 is 0 Å². The van der Waals surface area contributed by atoms with E-state index < -0.39 is 5.60 Å². The number of carbonyl (C=O) groups is 1. The zero-order chi connectivity index (χ0) is 22.3. The molecule has 0 spiro atoms. The van der Waals surface area contributed by atoms with Crippen LogP contribution in [0.15, 0.2) is 91.0 Å². The van der Waals surface area contributed by atoms with Crippen LogP contribution in [0.2, 0.25) is 0 Å². The molecule has 31 heavy (non-hydrogen) atoms. The van der Waals surface area contributed by atoms with E-state index in [1.54, 1.807) is 0 Å². The predicted octanol–water partition coefficient (Wildman–Crippen LogP) is 6.72. The SMILES string of the molecule is C[C@@H](c1ccccc1)N(Cc1ccccc1)[C@H](CC(=O)OC(C)(C)C)c1ccccc1. The average molecular weight is 416 g/mol. The molecule has 3 aromatic carbocycles. The van der Waals surface area contributed by atoms with Gasteiger partial charge in [0.05, 0.1) is 6.42 Å². The Morgan fingerprint density at radius 2 is 1.29 bits per heavy atom. The second kappa shape index (κ2) is 10.4. The molecular weight excluding hydrogens is 382 g/mol. The molecule has 2 atom stereocenters. The Kier molecular flexibility index (Phi) is 7.64. The largest absolute Gasteiger partial charge is 0.460 e. The number of carbonyl (C=O) groups excluding carboxylic acids is 1. The highest BCUT2D eigenvalue weighted by atomic mass is 16.6. The van der Waals surface area contributed by atoms with Crippen LogP contribution in [0.25, 0.3) is 0 Å². The summed E-state index contributed by atoms with van der Waals surface area (Å²) in [4.78, 5) is 15.3. The van der Waals surface area contributed by atoms with Crippen LogP contribution in [-0.2, 0) is 16.1 Å². The predicted molar refractivity (Wildman–Crippen MR) is 126 cm³/mol. The maximum atomic E-state index is 12.9. The van der Waals surface area contributed by atoms with Crippen molar-refractivity contribution < 1.29 is 9.53 Å². The van der Waals surface area contributed by atoms with E-state index in [1.807, 2.05) is 51.1 Å². The van der Waals surface area contributed by atoms with E-state index in [0.29, 0.717) is 6.42 Å². The number of rotatable bonds is 8. The molecule has 0 aliphatic heterocycles. The molecule has 3 rings (SSSR count). The summed E-state index contributed by atoms with van der Waals surface area (Å²) in [6.45, 7) is 8.69. The Morgan fingerprint density at radius 3 is 1.81 bits per heavy atom. The fraction of sp³-hybridized carbons (Fsp3) is 0.321. The summed E-state index contributed by atoms with van der Waals surface area (Å²) in [5.41, 5.74) is 3.05. The van der Waals surface area contributed by atoms with Gasteiger partial charge in [0.1, 0.15) is 5.60 Å². The Labute approximate surface area is 186 Å². The summed E-state index contributed by atoms with van der Waals surface area (Å²) in [6, 6.07) is 31.2. The number of benzene rings is 3.